The number of hydrogen-bond donors (Lipinski definition) is 1. The molecule has 3 heterocycles. The van der Waals surface area contributed by atoms with Gasteiger partial charge in [-0.3, -0.25) is 14.1 Å². The van der Waals surface area contributed by atoms with E-state index in [1.165, 1.54) is 11.1 Å². The van der Waals surface area contributed by atoms with Crippen LogP contribution in [0.2, 0.25) is 0 Å². The zero-order valence-electron chi connectivity index (χ0n) is 21.1. The molecule has 1 aliphatic heterocycles. The first kappa shape index (κ1) is 23.8. The van der Waals surface area contributed by atoms with Crippen molar-refractivity contribution in [1.82, 2.24) is 19.2 Å². The zero-order valence-corrected chi connectivity index (χ0v) is 21.1. The highest BCUT2D eigenvalue weighted by molar-refractivity contribution is 6.04. The molecule has 0 atom stereocenters. The van der Waals surface area contributed by atoms with E-state index < -0.39 is 0 Å². The standard InChI is InChI=1S/C30H31N5O/c1-22-7-8-25(19-24(22)10-12-28-20-31-29-6-4-5-13-35(28)29)30(36)32-27-11-9-26(23(2)18-27)21-34-16-14-33(3)15-17-34/h4-9,11,13,18-20H,14-17,21H2,1-3H3,(H,32,36). The Morgan fingerprint density at radius 3 is 2.61 bits per heavy atom. The van der Waals surface area contributed by atoms with Crippen molar-refractivity contribution in [2.75, 3.05) is 38.5 Å². The second-order valence-corrected chi connectivity index (χ2v) is 9.53. The summed E-state index contributed by atoms with van der Waals surface area (Å²) in [6, 6.07) is 17.7. The van der Waals surface area contributed by atoms with E-state index in [4.69, 9.17) is 0 Å². The summed E-state index contributed by atoms with van der Waals surface area (Å²) in [5, 5.41) is 3.05. The average Bonchev–Trinajstić information content (AvgIpc) is 3.29. The van der Waals surface area contributed by atoms with E-state index in [-0.39, 0.29) is 5.91 Å². The van der Waals surface area contributed by atoms with E-state index in [2.05, 4.69) is 58.0 Å². The lowest BCUT2D eigenvalue weighted by molar-refractivity contribution is 0.102. The normalized spacial score (nSPS) is 14.4. The molecule has 1 N–H and O–H groups in total. The quantitative estimate of drug-likeness (QED) is 0.444. The van der Waals surface area contributed by atoms with Gasteiger partial charge in [-0.25, -0.2) is 4.98 Å². The number of carbonyl (C=O) groups is 1. The summed E-state index contributed by atoms with van der Waals surface area (Å²) < 4.78 is 1.95. The van der Waals surface area contributed by atoms with Gasteiger partial charge in [-0.2, -0.15) is 0 Å². The minimum atomic E-state index is -0.140. The van der Waals surface area contributed by atoms with Crippen molar-refractivity contribution in [2.24, 2.45) is 0 Å². The number of nitrogens with zero attached hydrogens (tertiary/aromatic N) is 4. The second kappa shape index (κ2) is 10.4. The molecular weight excluding hydrogens is 446 g/mol. The Kier molecular flexibility index (Phi) is 6.86. The number of benzene rings is 2. The summed E-state index contributed by atoms with van der Waals surface area (Å²) in [4.78, 5) is 22.3. The van der Waals surface area contributed by atoms with Crippen molar-refractivity contribution >= 4 is 17.2 Å². The predicted molar refractivity (Wildman–Crippen MR) is 144 cm³/mol. The number of fused-ring (bicyclic) bond motifs is 1. The summed E-state index contributed by atoms with van der Waals surface area (Å²) in [6.45, 7) is 9.45. The second-order valence-electron chi connectivity index (χ2n) is 9.53. The molecule has 0 unspecified atom stereocenters. The van der Waals surface area contributed by atoms with Crippen molar-refractivity contribution in [1.29, 1.82) is 0 Å². The van der Waals surface area contributed by atoms with Gasteiger partial charge in [-0.05, 0) is 79.9 Å². The lowest BCUT2D eigenvalue weighted by Gasteiger charge is -2.32. The number of aryl methyl sites for hydroxylation is 2. The first-order valence-corrected chi connectivity index (χ1v) is 12.3. The Morgan fingerprint density at radius 1 is 0.972 bits per heavy atom. The number of hydrogen-bond acceptors (Lipinski definition) is 4. The molecule has 2 aromatic heterocycles. The summed E-state index contributed by atoms with van der Waals surface area (Å²) in [5.74, 6) is 6.29. The van der Waals surface area contributed by atoms with Gasteiger partial charge in [0.1, 0.15) is 11.3 Å². The topological polar surface area (TPSA) is 52.9 Å². The Bertz CT molecular complexity index is 1470. The van der Waals surface area contributed by atoms with Gasteiger partial charge in [0, 0.05) is 55.7 Å². The van der Waals surface area contributed by atoms with Gasteiger partial charge in [0.15, 0.2) is 0 Å². The van der Waals surface area contributed by atoms with Crippen LogP contribution in [0.5, 0.6) is 0 Å². The van der Waals surface area contributed by atoms with Crippen LogP contribution in [0.4, 0.5) is 5.69 Å². The van der Waals surface area contributed by atoms with E-state index in [1.807, 2.05) is 60.0 Å². The third-order valence-corrected chi connectivity index (χ3v) is 6.83. The van der Waals surface area contributed by atoms with Crippen LogP contribution >= 0.6 is 0 Å². The first-order chi connectivity index (χ1) is 17.5. The number of aromatic nitrogens is 2. The molecule has 182 valence electrons. The van der Waals surface area contributed by atoms with Crippen LogP contribution in [0.3, 0.4) is 0 Å². The third-order valence-electron chi connectivity index (χ3n) is 6.83. The van der Waals surface area contributed by atoms with Gasteiger partial charge in [0.25, 0.3) is 5.91 Å². The van der Waals surface area contributed by atoms with Gasteiger partial charge in [-0.15, -0.1) is 0 Å². The number of amides is 1. The number of piperazine rings is 1. The van der Waals surface area contributed by atoms with Crippen molar-refractivity contribution in [3.05, 3.63) is 101 Å². The summed E-state index contributed by atoms with van der Waals surface area (Å²) >= 11 is 0. The Hall–Kier alpha value is -3.92. The van der Waals surface area contributed by atoms with Crippen LogP contribution in [0.1, 0.15) is 38.3 Å². The molecule has 0 radical (unpaired) electrons. The molecule has 36 heavy (non-hydrogen) atoms. The Morgan fingerprint density at radius 2 is 1.81 bits per heavy atom. The van der Waals surface area contributed by atoms with Crippen LogP contribution in [-0.2, 0) is 6.54 Å². The number of anilines is 1. The maximum Gasteiger partial charge on any atom is 0.255 e. The van der Waals surface area contributed by atoms with Crippen LogP contribution in [0.15, 0.2) is 67.0 Å². The minimum Gasteiger partial charge on any atom is -0.322 e. The molecule has 6 nitrogen and oxygen atoms in total. The van der Waals surface area contributed by atoms with Crippen LogP contribution < -0.4 is 5.32 Å². The summed E-state index contributed by atoms with van der Waals surface area (Å²) in [6.07, 6.45) is 3.71. The van der Waals surface area contributed by atoms with Gasteiger partial charge in [-0.1, -0.05) is 24.1 Å². The highest BCUT2D eigenvalue weighted by atomic mass is 16.1. The molecule has 0 aliphatic carbocycles. The maximum absolute atomic E-state index is 13.0. The van der Waals surface area contributed by atoms with Crippen LogP contribution in [0.25, 0.3) is 5.65 Å². The molecule has 0 saturated carbocycles. The fourth-order valence-corrected chi connectivity index (χ4v) is 4.46. The fourth-order valence-electron chi connectivity index (χ4n) is 4.46. The Balaban J connectivity index is 1.29. The summed E-state index contributed by atoms with van der Waals surface area (Å²) in [7, 11) is 2.17. The van der Waals surface area contributed by atoms with E-state index in [9.17, 15) is 4.79 Å². The van der Waals surface area contributed by atoms with Crippen LogP contribution in [0, 0.1) is 25.7 Å². The van der Waals surface area contributed by atoms with Crippen molar-refractivity contribution < 1.29 is 4.79 Å². The molecule has 4 aromatic rings. The van der Waals surface area contributed by atoms with Gasteiger partial charge in [0.05, 0.1) is 6.20 Å². The molecule has 0 bridgehead atoms. The average molecular weight is 478 g/mol. The molecule has 0 spiro atoms. The SMILES string of the molecule is Cc1ccc(C(=O)Nc2ccc(CN3CCN(C)CC3)c(C)c2)cc1C#Cc1cnc2ccccn12. The molecule has 1 saturated heterocycles. The van der Waals surface area contributed by atoms with Gasteiger partial charge < -0.3 is 10.2 Å². The van der Waals surface area contributed by atoms with Gasteiger partial charge >= 0.3 is 0 Å². The van der Waals surface area contributed by atoms with Crippen molar-refractivity contribution in [3.63, 3.8) is 0 Å². The first-order valence-electron chi connectivity index (χ1n) is 12.3. The monoisotopic (exact) mass is 477 g/mol. The molecule has 5 rings (SSSR count). The van der Waals surface area contributed by atoms with Crippen LogP contribution in [-0.4, -0.2) is 58.3 Å². The Labute approximate surface area is 212 Å². The largest absolute Gasteiger partial charge is 0.322 e. The van der Waals surface area contributed by atoms with E-state index >= 15 is 0 Å². The van der Waals surface area contributed by atoms with E-state index in [0.29, 0.717) is 5.56 Å². The highest BCUT2D eigenvalue weighted by Crippen LogP contribution is 2.19. The number of nitrogens with one attached hydrogen (secondary N) is 1. The number of rotatable bonds is 4. The van der Waals surface area contributed by atoms with E-state index in [0.717, 1.165) is 60.9 Å². The predicted octanol–water partition coefficient (Wildman–Crippen LogP) is 4.35. The maximum atomic E-state index is 13.0. The molecule has 2 aromatic carbocycles. The lowest BCUT2D eigenvalue weighted by atomic mass is 10.0. The van der Waals surface area contributed by atoms with Crippen molar-refractivity contribution in [2.45, 2.75) is 20.4 Å². The third kappa shape index (κ3) is 5.33. The molecule has 6 heteroatoms. The fraction of sp³-hybridized carbons (Fsp3) is 0.267. The van der Waals surface area contributed by atoms with Gasteiger partial charge in [0.2, 0.25) is 0 Å². The number of pyridine rings is 1. The molecule has 1 fully saturated rings. The zero-order chi connectivity index (χ0) is 25.1. The minimum absolute atomic E-state index is 0.140. The van der Waals surface area contributed by atoms with E-state index in [1.54, 1.807) is 6.20 Å². The number of carbonyl (C=O) groups excluding carboxylic acids is 1. The summed E-state index contributed by atoms with van der Waals surface area (Å²) in [5.41, 5.74) is 7.40. The molecule has 1 aliphatic rings. The highest BCUT2D eigenvalue weighted by Gasteiger charge is 2.15. The number of imidazole rings is 1. The molecular formula is C30H31N5O. The lowest BCUT2D eigenvalue weighted by Crippen LogP contribution is -2.43. The smallest absolute Gasteiger partial charge is 0.255 e. The molecule has 1 amide bonds. The number of likely N-dealkylation sites (N-methyl/N-ethyl adjacent to an activating group) is 1. The van der Waals surface area contributed by atoms with Crippen molar-refractivity contribution in [3.8, 4) is 11.8 Å².